The summed E-state index contributed by atoms with van der Waals surface area (Å²) in [6, 6.07) is 3.04. The Hall–Kier alpha value is -2.71. The van der Waals surface area contributed by atoms with Crippen LogP contribution in [0.5, 0.6) is 0 Å². The van der Waals surface area contributed by atoms with Crippen LogP contribution >= 0.6 is 23.2 Å². The second-order valence-corrected chi connectivity index (χ2v) is 8.03. The van der Waals surface area contributed by atoms with Gasteiger partial charge in [0.2, 0.25) is 11.2 Å². The highest BCUT2D eigenvalue weighted by Gasteiger charge is 2.55. The fraction of sp³-hybridized carbons (Fsp3) is 0.250. The van der Waals surface area contributed by atoms with Gasteiger partial charge < -0.3 is 0 Å². The first-order chi connectivity index (χ1) is 14.4. The van der Waals surface area contributed by atoms with Crippen molar-refractivity contribution < 1.29 is 13.6 Å². The lowest BCUT2D eigenvalue weighted by Crippen LogP contribution is -2.36. The van der Waals surface area contributed by atoms with Gasteiger partial charge >= 0.3 is 0 Å². The Morgan fingerprint density at radius 2 is 1.60 bits per heavy atom. The molecule has 0 atom stereocenters. The molecule has 1 amide bonds. The zero-order valence-electron chi connectivity index (χ0n) is 15.4. The van der Waals surface area contributed by atoms with Gasteiger partial charge in [-0.15, -0.1) is 0 Å². The molecule has 0 bridgehead atoms. The maximum Gasteiger partial charge on any atom is 0.243 e. The van der Waals surface area contributed by atoms with Gasteiger partial charge in [-0.2, -0.15) is 4.98 Å². The van der Waals surface area contributed by atoms with E-state index in [-0.39, 0.29) is 27.7 Å². The van der Waals surface area contributed by atoms with Crippen LogP contribution in [-0.4, -0.2) is 25.8 Å². The average molecular weight is 448 g/mol. The molecule has 5 rings (SSSR count). The van der Waals surface area contributed by atoms with Gasteiger partial charge in [-0.1, -0.05) is 24.4 Å². The van der Waals surface area contributed by atoms with Crippen molar-refractivity contribution in [1.82, 2.24) is 19.9 Å². The van der Waals surface area contributed by atoms with Crippen LogP contribution < -0.4 is 4.90 Å². The highest BCUT2D eigenvalue weighted by atomic mass is 35.5. The molecule has 30 heavy (non-hydrogen) atoms. The number of aromatic nitrogens is 4. The summed E-state index contributed by atoms with van der Waals surface area (Å²) in [6.07, 6.45) is 5.87. The molecule has 1 spiro atoms. The van der Waals surface area contributed by atoms with Crippen LogP contribution in [0.25, 0.3) is 11.4 Å². The Kier molecular flexibility index (Phi) is 4.44. The first-order valence-corrected chi connectivity index (χ1v) is 10.0. The summed E-state index contributed by atoms with van der Waals surface area (Å²) in [6.45, 7) is 0. The maximum atomic E-state index is 13.5. The molecule has 0 unspecified atom stereocenters. The highest BCUT2D eigenvalue weighted by Crippen LogP contribution is 2.54. The Bertz CT molecular complexity index is 1160. The van der Waals surface area contributed by atoms with E-state index in [0.29, 0.717) is 29.9 Å². The van der Waals surface area contributed by atoms with E-state index >= 15 is 0 Å². The number of benzene rings is 1. The normalized spacial score (nSPS) is 17.1. The molecule has 2 aliphatic rings. The molecule has 10 heteroatoms. The average Bonchev–Trinajstić information content (AvgIpc) is 3.26. The number of amides is 1. The second-order valence-electron chi connectivity index (χ2n) is 7.33. The predicted molar refractivity (Wildman–Crippen MR) is 107 cm³/mol. The minimum Gasteiger partial charge on any atom is -0.273 e. The van der Waals surface area contributed by atoms with Gasteiger partial charge in [0, 0.05) is 17.2 Å². The Morgan fingerprint density at radius 1 is 0.967 bits per heavy atom. The lowest BCUT2D eigenvalue weighted by molar-refractivity contribution is -0.122. The van der Waals surface area contributed by atoms with E-state index < -0.39 is 17.0 Å². The number of halogens is 4. The van der Waals surface area contributed by atoms with Crippen molar-refractivity contribution in [2.24, 2.45) is 0 Å². The second kappa shape index (κ2) is 6.92. The number of nitrogens with zero attached hydrogens (tertiary/aromatic N) is 5. The standard InChI is InChI=1S/C20H13Cl2F2N5O/c21-15-14-17(28-19(22)27-15)29(18(30)20(14)3-1-2-4-20)13-8-25-16(26-9-13)10-5-11(23)7-12(24)6-10/h5-9H,1-4H2. The third-order valence-corrected chi connectivity index (χ3v) is 6.04. The van der Waals surface area contributed by atoms with Gasteiger partial charge in [0.05, 0.1) is 23.5 Å². The topological polar surface area (TPSA) is 71.9 Å². The van der Waals surface area contributed by atoms with Crippen LogP contribution in [0.15, 0.2) is 30.6 Å². The van der Waals surface area contributed by atoms with Crippen molar-refractivity contribution in [2.75, 3.05) is 4.90 Å². The summed E-state index contributed by atoms with van der Waals surface area (Å²) >= 11 is 12.4. The van der Waals surface area contributed by atoms with E-state index in [9.17, 15) is 13.6 Å². The molecule has 3 heterocycles. The Labute approximate surface area is 179 Å². The third-order valence-electron chi connectivity index (χ3n) is 5.60. The molecule has 0 radical (unpaired) electrons. The molecular formula is C20H13Cl2F2N5O. The van der Waals surface area contributed by atoms with Crippen LogP contribution in [-0.2, 0) is 10.2 Å². The van der Waals surface area contributed by atoms with Crippen LogP contribution in [0.2, 0.25) is 10.4 Å². The van der Waals surface area contributed by atoms with Crippen molar-refractivity contribution in [1.29, 1.82) is 0 Å². The largest absolute Gasteiger partial charge is 0.273 e. The SMILES string of the molecule is O=C1N(c2cnc(-c3cc(F)cc(F)c3)nc2)c2nc(Cl)nc(Cl)c2C12CCCC2. The summed E-state index contributed by atoms with van der Waals surface area (Å²) < 4.78 is 27.0. The highest BCUT2D eigenvalue weighted by molar-refractivity contribution is 6.34. The van der Waals surface area contributed by atoms with Crippen molar-refractivity contribution in [3.8, 4) is 11.4 Å². The van der Waals surface area contributed by atoms with E-state index in [2.05, 4.69) is 19.9 Å². The van der Waals surface area contributed by atoms with Crippen molar-refractivity contribution in [3.63, 3.8) is 0 Å². The van der Waals surface area contributed by atoms with E-state index in [4.69, 9.17) is 23.2 Å². The van der Waals surface area contributed by atoms with Crippen molar-refractivity contribution >= 4 is 40.6 Å². The summed E-state index contributed by atoms with van der Waals surface area (Å²) in [5.74, 6) is -1.20. The Morgan fingerprint density at radius 3 is 2.23 bits per heavy atom. The maximum absolute atomic E-state index is 13.5. The lowest BCUT2D eigenvalue weighted by atomic mass is 9.81. The van der Waals surface area contributed by atoms with Gasteiger partial charge in [0.1, 0.15) is 16.8 Å². The zero-order valence-corrected chi connectivity index (χ0v) is 16.9. The van der Waals surface area contributed by atoms with E-state index in [0.717, 1.165) is 31.0 Å². The van der Waals surface area contributed by atoms with Gasteiger partial charge in [-0.25, -0.2) is 23.7 Å². The van der Waals surface area contributed by atoms with Crippen LogP contribution in [0.1, 0.15) is 31.2 Å². The van der Waals surface area contributed by atoms with E-state index in [1.165, 1.54) is 17.3 Å². The van der Waals surface area contributed by atoms with Crippen molar-refractivity contribution in [3.05, 3.63) is 58.2 Å². The summed E-state index contributed by atoms with van der Waals surface area (Å²) in [5.41, 5.74) is 0.332. The molecule has 1 saturated carbocycles. The number of carbonyl (C=O) groups is 1. The van der Waals surface area contributed by atoms with Gasteiger partial charge in [0.15, 0.2) is 11.6 Å². The molecule has 6 nitrogen and oxygen atoms in total. The number of hydrogen-bond acceptors (Lipinski definition) is 5. The molecule has 2 aromatic heterocycles. The number of carbonyl (C=O) groups excluding carboxylic acids is 1. The van der Waals surface area contributed by atoms with Crippen molar-refractivity contribution in [2.45, 2.75) is 31.1 Å². The molecule has 1 aliphatic heterocycles. The molecule has 1 aromatic carbocycles. The molecule has 3 aromatic rings. The van der Waals surface area contributed by atoms with Gasteiger partial charge in [-0.3, -0.25) is 9.69 Å². The fourth-order valence-electron chi connectivity index (χ4n) is 4.34. The molecular weight excluding hydrogens is 435 g/mol. The summed E-state index contributed by atoms with van der Waals surface area (Å²) in [4.78, 5) is 31.6. The van der Waals surface area contributed by atoms with Gasteiger partial charge in [0.25, 0.3) is 0 Å². The molecule has 0 N–H and O–H groups in total. The quantitative estimate of drug-likeness (QED) is 0.407. The first kappa shape index (κ1) is 19.3. The first-order valence-electron chi connectivity index (χ1n) is 9.26. The summed E-state index contributed by atoms with van der Waals surface area (Å²) in [5, 5.41) is 0.0925. The summed E-state index contributed by atoms with van der Waals surface area (Å²) in [7, 11) is 0. The zero-order chi connectivity index (χ0) is 21.0. The van der Waals surface area contributed by atoms with E-state index in [1.54, 1.807) is 0 Å². The van der Waals surface area contributed by atoms with Crippen LogP contribution in [0.3, 0.4) is 0 Å². The van der Waals surface area contributed by atoms with Crippen LogP contribution in [0.4, 0.5) is 20.3 Å². The number of rotatable bonds is 2. The Balaban J connectivity index is 1.60. The third kappa shape index (κ3) is 2.86. The number of anilines is 2. The number of fused-ring (bicyclic) bond motifs is 2. The predicted octanol–water partition coefficient (Wildman–Crippen LogP) is 5.01. The molecule has 152 valence electrons. The monoisotopic (exact) mass is 447 g/mol. The fourth-order valence-corrected chi connectivity index (χ4v) is 4.89. The minimum atomic E-state index is -0.790. The van der Waals surface area contributed by atoms with Gasteiger partial charge in [-0.05, 0) is 36.6 Å². The number of hydrogen-bond donors (Lipinski definition) is 0. The molecule has 0 saturated heterocycles. The lowest BCUT2D eigenvalue weighted by Gasteiger charge is -2.22. The smallest absolute Gasteiger partial charge is 0.243 e. The minimum absolute atomic E-state index is 0.0700. The molecule has 1 aliphatic carbocycles. The van der Waals surface area contributed by atoms with Crippen LogP contribution in [0, 0.1) is 11.6 Å². The molecule has 1 fully saturated rings. The van der Waals surface area contributed by atoms with E-state index in [1.807, 2.05) is 0 Å².